The van der Waals surface area contributed by atoms with E-state index in [-0.39, 0.29) is 14.9 Å². The van der Waals surface area contributed by atoms with Crippen LogP contribution in [0.15, 0.2) is 0 Å². The predicted molar refractivity (Wildman–Crippen MR) is 189 cm³/mol. The second-order valence-electron chi connectivity index (χ2n) is 11.9. The van der Waals surface area contributed by atoms with E-state index in [9.17, 15) is 0 Å². The Kier molecular flexibility index (Phi) is 50.0. The van der Waals surface area contributed by atoms with Gasteiger partial charge in [-0.3, -0.25) is 14.7 Å². The molecule has 0 bridgehead atoms. The van der Waals surface area contributed by atoms with Crippen LogP contribution < -0.4 is 0 Å². The second-order valence-corrected chi connectivity index (χ2v) is 11.9. The zero-order valence-electron chi connectivity index (χ0n) is 29.3. The van der Waals surface area contributed by atoms with Gasteiger partial charge >= 0.3 is 0 Å². The van der Waals surface area contributed by atoms with Crippen molar-refractivity contribution in [3.63, 3.8) is 0 Å². The molecule has 0 saturated carbocycles. The van der Waals surface area contributed by atoms with E-state index in [1.807, 2.05) is 0 Å². The highest BCUT2D eigenvalue weighted by molar-refractivity contribution is 4.76. The SMILES string of the molecule is C.C.CC(C)CN1CCN(C(C)C)CC1.CC(C)N1CCN(C(C)C)CC1.CCC.CCC.CCC.CCC. The first kappa shape index (κ1) is 51.6. The predicted octanol–water partition coefficient (Wildman–Crippen LogP) is 10.0. The van der Waals surface area contributed by atoms with Gasteiger partial charge in [0.05, 0.1) is 0 Å². The van der Waals surface area contributed by atoms with Gasteiger partial charge in [0, 0.05) is 77.0 Å². The summed E-state index contributed by atoms with van der Waals surface area (Å²) in [5, 5.41) is 0. The molecule has 246 valence electrons. The Bertz CT molecular complexity index is 356. The van der Waals surface area contributed by atoms with Crippen LogP contribution in [0.4, 0.5) is 0 Å². The molecule has 0 atom stereocenters. The van der Waals surface area contributed by atoms with Crippen molar-refractivity contribution >= 4 is 0 Å². The molecule has 2 heterocycles. The molecule has 0 radical (unpaired) electrons. The molecule has 0 spiro atoms. The smallest absolute Gasteiger partial charge is 0.0113 e. The monoisotopic (exact) mass is 563 g/mol. The van der Waals surface area contributed by atoms with Crippen molar-refractivity contribution in [3.05, 3.63) is 0 Å². The number of hydrogen-bond donors (Lipinski definition) is 0. The Morgan fingerprint density at radius 3 is 0.718 bits per heavy atom. The molecule has 2 saturated heterocycles. The maximum Gasteiger partial charge on any atom is 0.0113 e. The third-order valence-corrected chi connectivity index (χ3v) is 5.57. The first-order valence-corrected chi connectivity index (χ1v) is 16.3. The summed E-state index contributed by atoms with van der Waals surface area (Å²) in [6.45, 7) is 46.6. The van der Waals surface area contributed by atoms with Gasteiger partial charge in [0.1, 0.15) is 0 Å². The summed E-state index contributed by atoms with van der Waals surface area (Å²) in [5.41, 5.74) is 0. The van der Waals surface area contributed by atoms with E-state index >= 15 is 0 Å². The lowest BCUT2D eigenvalue weighted by Gasteiger charge is -2.38. The molecule has 2 rings (SSSR count). The summed E-state index contributed by atoms with van der Waals surface area (Å²) in [6, 6.07) is 2.17. The van der Waals surface area contributed by atoms with Crippen LogP contribution in [-0.2, 0) is 0 Å². The molecule has 4 heteroatoms. The van der Waals surface area contributed by atoms with Gasteiger partial charge in [-0.2, -0.15) is 0 Å². The van der Waals surface area contributed by atoms with Crippen LogP contribution in [0.5, 0.6) is 0 Å². The molecular formula is C35H86N4. The molecule has 39 heavy (non-hydrogen) atoms. The minimum Gasteiger partial charge on any atom is -0.301 e. The van der Waals surface area contributed by atoms with Crippen LogP contribution in [-0.4, -0.2) is 96.6 Å². The normalized spacial score (nSPS) is 16.0. The van der Waals surface area contributed by atoms with E-state index in [4.69, 9.17) is 0 Å². The summed E-state index contributed by atoms with van der Waals surface area (Å²) in [5.74, 6) is 0.811. The first-order chi connectivity index (χ1) is 17.4. The van der Waals surface area contributed by atoms with Crippen molar-refractivity contribution in [1.29, 1.82) is 0 Å². The molecule has 4 nitrogen and oxygen atoms in total. The average molecular weight is 563 g/mol. The molecule has 2 fully saturated rings. The molecule has 2 aliphatic heterocycles. The Hall–Kier alpha value is -0.160. The molecule has 0 aromatic heterocycles. The van der Waals surface area contributed by atoms with E-state index < -0.39 is 0 Å². The standard InChI is InChI=1S/C11H24N2.C10H22N2.4C3H8.2CH4/c1-10(2)9-12-5-7-13(8-6-12)11(3)4;1-9(2)11-5-7-12(8-6-11)10(3)4;4*1-3-2;;/h10-11H,5-9H2,1-4H3;9-10H,5-8H2,1-4H3;4*3H2,1-2H3;2*1H4. The highest BCUT2D eigenvalue weighted by atomic mass is 15.3. The maximum atomic E-state index is 2.59. The molecule has 0 unspecified atom stereocenters. The average Bonchev–Trinajstić information content (AvgIpc) is 2.81. The van der Waals surface area contributed by atoms with E-state index in [0.717, 1.165) is 24.0 Å². The van der Waals surface area contributed by atoms with Crippen molar-refractivity contribution in [2.45, 2.75) is 169 Å². The quantitative estimate of drug-likeness (QED) is 0.330. The Morgan fingerprint density at radius 2 is 0.564 bits per heavy atom. The van der Waals surface area contributed by atoms with Gasteiger partial charge in [0.25, 0.3) is 0 Å². The Labute approximate surface area is 253 Å². The van der Waals surface area contributed by atoms with E-state index in [1.54, 1.807) is 0 Å². The fourth-order valence-electron chi connectivity index (χ4n) is 3.75. The number of piperazine rings is 2. The minimum atomic E-state index is 0. The fourth-order valence-corrected chi connectivity index (χ4v) is 3.75. The highest BCUT2D eigenvalue weighted by Gasteiger charge is 2.20. The van der Waals surface area contributed by atoms with Crippen LogP contribution >= 0.6 is 0 Å². The topological polar surface area (TPSA) is 13.0 Å². The van der Waals surface area contributed by atoms with Gasteiger partial charge in [-0.1, -0.05) is 110 Å². The fraction of sp³-hybridized carbons (Fsp3) is 1.00. The molecule has 0 aromatic carbocycles. The van der Waals surface area contributed by atoms with Crippen LogP contribution in [0, 0.1) is 5.92 Å². The third-order valence-electron chi connectivity index (χ3n) is 5.57. The zero-order valence-corrected chi connectivity index (χ0v) is 29.3. The largest absolute Gasteiger partial charge is 0.301 e. The van der Waals surface area contributed by atoms with Crippen molar-refractivity contribution in [3.8, 4) is 0 Å². The lowest BCUT2D eigenvalue weighted by atomic mass is 10.2. The second kappa shape index (κ2) is 37.8. The van der Waals surface area contributed by atoms with Gasteiger partial charge < -0.3 is 4.90 Å². The summed E-state index contributed by atoms with van der Waals surface area (Å²) in [4.78, 5) is 10.3. The molecule has 0 amide bonds. The van der Waals surface area contributed by atoms with Crippen molar-refractivity contribution in [1.82, 2.24) is 19.6 Å². The van der Waals surface area contributed by atoms with Gasteiger partial charge in [-0.05, 0) is 47.5 Å². The van der Waals surface area contributed by atoms with E-state index in [1.165, 1.54) is 84.6 Å². The Balaban J connectivity index is -0.0000000962. The number of nitrogens with zero attached hydrogens (tertiary/aromatic N) is 4. The van der Waals surface area contributed by atoms with Gasteiger partial charge in [0.2, 0.25) is 0 Å². The molecule has 0 aromatic rings. The maximum absolute atomic E-state index is 2.59. The summed E-state index contributed by atoms with van der Waals surface area (Å²) < 4.78 is 0. The number of hydrogen-bond acceptors (Lipinski definition) is 4. The van der Waals surface area contributed by atoms with Crippen LogP contribution in [0.1, 0.15) is 151 Å². The van der Waals surface area contributed by atoms with Crippen LogP contribution in [0.25, 0.3) is 0 Å². The lowest BCUT2D eigenvalue weighted by Crippen LogP contribution is -2.50. The molecule has 0 N–H and O–H groups in total. The van der Waals surface area contributed by atoms with E-state index in [2.05, 4.69) is 130 Å². The zero-order chi connectivity index (χ0) is 29.8. The lowest BCUT2D eigenvalue weighted by molar-refractivity contribution is 0.0887. The minimum absolute atomic E-state index is 0. The molecule has 0 aliphatic carbocycles. The highest BCUT2D eigenvalue weighted by Crippen LogP contribution is 2.08. The first-order valence-electron chi connectivity index (χ1n) is 16.3. The molecular weight excluding hydrogens is 476 g/mol. The molecule has 2 aliphatic rings. The summed E-state index contributed by atoms with van der Waals surface area (Å²) >= 11 is 0. The van der Waals surface area contributed by atoms with Crippen molar-refractivity contribution < 1.29 is 0 Å². The van der Waals surface area contributed by atoms with Gasteiger partial charge in [0.15, 0.2) is 0 Å². The van der Waals surface area contributed by atoms with Crippen LogP contribution in [0.3, 0.4) is 0 Å². The summed E-state index contributed by atoms with van der Waals surface area (Å²) in [7, 11) is 0. The number of rotatable bonds is 5. The van der Waals surface area contributed by atoms with Crippen LogP contribution in [0.2, 0.25) is 0 Å². The van der Waals surface area contributed by atoms with Crippen molar-refractivity contribution in [2.24, 2.45) is 5.92 Å². The third kappa shape index (κ3) is 37.8. The van der Waals surface area contributed by atoms with E-state index in [0.29, 0.717) is 0 Å². The van der Waals surface area contributed by atoms with Crippen molar-refractivity contribution in [2.75, 3.05) is 58.9 Å². The van der Waals surface area contributed by atoms with Gasteiger partial charge in [-0.25, -0.2) is 0 Å². The Morgan fingerprint density at radius 1 is 0.385 bits per heavy atom. The summed E-state index contributed by atoms with van der Waals surface area (Å²) in [6.07, 6.45) is 5.00. The van der Waals surface area contributed by atoms with Gasteiger partial charge in [-0.15, -0.1) is 0 Å².